The highest BCUT2D eigenvalue weighted by Crippen LogP contribution is 2.36. The normalized spacial score (nSPS) is 18.5. The van der Waals surface area contributed by atoms with E-state index in [1.807, 2.05) is 6.92 Å². The maximum atomic E-state index is 9.43. The molecule has 5 heteroatoms. The molecular formula is C13H19NO4. The van der Waals surface area contributed by atoms with Crippen LogP contribution in [0.5, 0.6) is 11.5 Å². The zero-order valence-corrected chi connectivity index (χ0v) is 10.4. The quantitative estimate of drug-likeness (QED) is 0.616. The lowest BCUT2D eigenvalue weighted by atomic mass is 9.95. The molecule has 18 heavy (non-hydrogen) atoms. The summed E-state index contributed by atoms with van der Waals surface area (Å²) in [6, 6.07) is 4.89. The molecule has 0 bridgehead atoms. The van der Waals surface area contributed by atoms with Crippen LogP contribution < -0.4 is 10.1 Å². The number of hydrogen-bond donors (Lipinski definition) is 4. The summed E-state index contributed by atoms with van der Waals surface area (Å²) < 4.78 is 5.49. The van der Waals surface area contributed by atoms with Gasteiger partial charge in [-0.3, -0.25) is 5.32 Å². The smallest absolute Gasteiger partial charge is 0.127 e. The number of benzene rings is 1. The van der Waals surface area contributed by atoms with Crippen molar-refractivity contribution in [1.82, 2.24) is 5.32 Å². The van der Waals surface area contributed by atoms with Gasteiger partial charge >= 0.3 is 0 Å². The van der Waals surface area contributed by atoms with E-state index in [1.165, 1.54) is 0 Å². The number of fused-ring (bicyclic) bond motifs is 1. The van der Waals surface area contributed by atoms with Crippen molar-refractivity contribution >= 4 is 0 Å². The summed E-state index contributed by atoms with van der Waals surface area (Å²) in [6.45, 7) is 2.07. The molecule has 1 aliphatic heterocycles. The number of rotatable bonds is 5. The molecule has 1 unspecified atom stereocenters. The van der Waals surface area contributed by atoms with Gasteiger partial charge in [0.05, 0.1) is 24.8 Å². The van der Waals surface area contributed by atoms with Gasteiger partial charge in [-0.2, -0.15) is 0 Å². The van der Waals surface area contributed by atoms with Crippen LogP contribution in [0.4, 0.5) is 0 Å². The highest BCUT2D eigenvalue weighted by Gasteiger charge is 2.34. The number of aliphatic hydroxyl groups excluding tert-OH is 2. The molecule has 2 rings (SSSR count). The molecule has 0 saturated heterocycles. The summed E-state index contributed by atoms with van der Waals surface area (Å²) >= 11 is 0. The van der Waals surface area contributed by atoms with E-state index in [0.717, 1.165) is 5.56 Å². The Labute approximate surface area is 106 Å². The Bertz CT molecular complexity index is 409. The van der Waals surface area contributed by atoms with Crippen LogP contribution in [0.2, 0.25) is 0 Å². The summed E-state index contributed by atoms with van der Waals surface area (Å²) in [6.07, 6.45) is 0.615. The van der Waals surface area contributed by atoms with Crippen molar-refractivity contribution < 1.29 is 20.1 Å². The fraction of sp³-hybridized carbons (Fsp3) is 0.538. The van der Waals surface area contributed by atoms with Gasteiger partial charge in [0, 0.05) is 11.6 Å². The van der Waals surface area contributed by atoms with E-state index in [1.54, 1.807) is 18.2 Å². The Hall–Kier alpha value is -1.30. The molecule has 5 nitrogen and oxygen atoms in total. The van der Waals surface area contributed by atoms with Gasteiger partial charge in [0.25, 0.3) is 0 Å². The average molecular weight is 253 g/mol. The van der Waals surface area contributed by atoms with Crippen molar-refractivity contribution in [3.8, 4) is 11.5 Å². The third kappa shape index (κ3) is 2.29. The Morgan fingerprint density at radius 1 is 1.39 bits per heavy atom. The number of aliphatic hydroxyl groups is 2. The van der Waals surface area contributed by atoms with Crippen molar-refractivity contribution in [2.45, 2.75) is 24.9 Å². The number of phenols is 1. The molecule has 1 heterocycles. The zero-order chi connectivity index (χ0) is 13.2. The van der Waals surface area contributed by atoms with Crippen LogP contribution in [0, 0.1) is 0 Å². The largest absolute Gasteiger partial charge is 0.508 e. The second-order valence-electron chi connectivity index (χ2n) is 4.68. The minimum atomic E-state index is -0.701. The number of ether oxygens (including phenoxy) is 1. The van der Waals surface area contributed by atoms with Crippen LogP contribution in [0.3, 0.4) is 0 Å². The zero-order valence-electron chi connectivity index (χ0n) is 10.4. The Morgan fingerprint density at radius 3 is 2.72 bits per heavy atom. The fourth-order valence-electron chi connectivity index (χ4n) is 2.15. The van der Waals surface area contributed by atoms with E-state index >= 15 is 0 Å². The highest BCUT2D eigenvalue weighted by atomic mass is 16.5. The van der Waals surface area contributed by atoms with Crippen molar-refractivity contribution in [2.24, 2.45) is 0 Å². The Morgan fingerprint density at radius 2 is 2.11 bits per heavy atom. The average Bonchev–Trinajstić information content (AvgIpc) is 2.78. The summed E-state index contributed by atoms with van der Waals surface area (Å²) in [5.41, 5.74) is 0.237. The van der Waals surface area contributed by atoms with Crippen LogP contribution in [0.15, 0.2) is 18.2 Å². The molecule has 0 aromatic heterocycles. The predicted molar refractivity (Wildman–Crippen MR) is 66.7 cm³/mol. The van der Waals surface area contributed by atoms with Gasteiger partial charge < -0.3 is 20.1 Å². The molecule has 1 aromatic rings. The summed E-state index contributed by atoms with van der Waals surface area (Å²) in [5, 5.41) is 31.5. The third-order valence-electron chi connectivity index (χ3n) is 3.54. The second-order valence-corrected chi connectivity index (χ2v) is 4.68. The minimum Gasteiger partial charge on any atom is -0.508 e. The SMILES string of the molecule is CCC(CO)(CO)NC1COc2cc(O)ccc21. The number of hydrogen-bond acceptors (Lipinski definition) is 5. The molecule has 0 saturated carbocycles. The third-order valence-corrected chi connectivity index (χ3v) is 3.54. The van der Waals surface area contributed by atoms with Crippen LogP contribution in [0.1, 0.15) is 24.9 Å². The Balaban J connectivity index is 2.18. The molecular weight excluding hydrogens is 234 g/mol. The lowest BCUT2D eigenvalue weighted by Crippen LogP contribution is -2.52. The maximum Gasteiger partial charge on any atom is 0.127 e. The van der Waals surface area contributed by atoms with E-state index in [9.17, 15) is 15.3 Å². The van der Waals surface area contributed by atoms with Crippen molar-refractivity contribution in [1.29, 1.82) is 0 Å². The maximum absolute atomic E-state index is 9.43. The van der Waals surface area contributed by atoms with Crippen LogP contribution in [-0.4, -0.2) is 40.7 Å². The number of phenolic OH excluding ortho intramolecular Hbond substituents is 1. The molecule has 1 aromatic carbocycles. The predicted octanol–water partition coefficient (Wildman–Crippen LogP) is 0.549. The van der Waals surface area contributed by atoms with Gasteiger partial charge in [-0.05, 0) is 18.6 Å². The monoisotopic (exact) mass is 253 g/mol. The fourth-order valence-corrected chi connectivity index (χ4v) is 2.15. The highest BCUT2D eigenvalue weighted by molar-refractivity contribution is 5.44. The lowest BCUT2D eigenvalue weighted by Gasteiger charge is -2.32. The Kier molecular flexibility index (Phi) is 3.75. The molecule has 1 atom stereocenters. The first kappa shape index (κ1) is 13.1. The van der Waals surface area contributed by atoms with Gasteiger partial charge in [0.1, 0.15) is 18.1 Å². The van der Waals surface area contributed by atoms with Gasteiger partial charge in [-0.25, -0.2) is 0 Å². The lowest BCUT2D eigenvalue weighted by molar-refractivity contribution is 0.0743. The van der Waals surface area contributed by atoms with Crippen molar-refractivity contribution in [2.75, 3.05) is 19.8 Å². The second kappa shape index (κ2) is 5.14. The summed E-state index contributed by atoms with van der Waals surface area (Å²) in [5.74, 6) is 0.814. The molecule has 0 fully saturated rings. The molecule has 4 N–H and O–H groups in total. The van der Waals surface area contributed by atoms with E-state index in [4.69, 9.17) is 4.74 Å². The first-order valence-electron chi connectivity index (χ1n) is 6.09. The van der Waals surface area contributed by atoms with E-state index in [2.05, 4.69) is 5.32 Å². The van der Waals surface area contributed by atoms with Gasteiger partial charge in [0.2, 0.25) is 0 Å². The minimum absolute atomic E-state index is 0.0835. The van der Waals surface area contributed by atoms with Gasteiger partial charge in [-0.1, -0.05) is 6.92 Å². The first-order valence-corrected chi connectivity index (χ1v) is 6.09. The molecule has 0 amide bonds. The van der Waals surface area contributed by atoms with Crippen LogP contribution in [-0.2, 0) is 0 Å². The number of nitrogens with one attached hydrogen (secondary N) is 1. The number of aromatic hydroxyl groups is 1. The summed E-state index contributed by atoms with van der Waals surface area (Å²) in [7, 11) is 0. The van der Waals surface area contributed by atoms with Crippen molar-refractivity contribution in [3.05, 3.63) is 23.8 Å². The van der Waals surface area contributed by atoms with Crippen LogP contribution >= 0.6 is 0 Å². The van der Waals surface area contributed by atoms with E-state index in [0.29, 0.717) is 18.8 Å². The van der Waals surface area contributed by atoms with Gasteiger partial charge in [0.15, 0.2) is 0 Å². The molecule has 1 aliphatic rings. The standard InChI is InChI=1S/C13H19NO4/c1-2-13(7-15,8-16)14-11-6-18-12-5-9(17)3-4-10(11)12/h3-5,11,14-17H,2,6-8H2,1H3. The van der Waals surface area contributed by atoms with E-state index < -0.39 is 5.54 Å². The van der Waals surface area contributed by atoms with Gasteiger partial charge in [-0.15, -0.1) is 0 Å². The molecule has 0 aliphatic carbocycles. The topological polar surface area (TPSA) is 82.0 Å². The van der Waals surface area contributed by atoms with Crippen LogP contribution in [0.25, 0.3) is 0 Å². The van der Waals surface area contributed by atoms with Crippen molar-refractivity contribution in [3.63, 3.8) is 0 Å². The molecule has 0 spiro atoms. The summed E-state index contributed by atoms with van der Waals surface area (Å²) in [4.78, 5) is 0. The molecule has 100 valence electrons. The molecule has 0 radical (unpaired) electrons. The van der Waals surface area contributed by atoms with E-state index in [-0.39, 0.29) is 25.0 Å². The first-order chi connectivity index (χ1) is 8.64.